The maximum atomic E-state index is 12.7. The number of aliphatic carboxylic acids is 1. The highest BCUT2D eigenvalue weighted by atomic mass is 16.5. The Bertz CT molecular complexity index is 983. The molecule has 0 radical (unpaired) electrons. The molecule has 0 unspecified atom stereocenters. The average molecular weight is 437 g/mol. The van der Waals surface area contributed by atoms with Crippen LogP contribution >= 0.6 is 0 Å². The molecule has 0 spiro atoms. The van der Waals surface area contributed by atoms with Crippen molar-refractivity contribution in [2.45, 2.75) is 44.7 Å². The Morgan fingerprint density at radius 3 is 2.09 bits per heavy atom. The summed E-state index contributed by atoms with van der Waals surface area (Å²) in [5.41, 5.74) is 4.55. The Balaban J connectivity index is 1.35. The second-order valence-electron chi connectivity index (χ2n) is 8.90. The summed E-state index contributed by atoms with van der Waals surface area (Å²) in [6.45, 7) is 3.86. The topological polar surface area (TPSA) is 105 Å². The smallest absolute Gasteiger partial charge is 0.407 e. The lowest BCUT2D eigenvalue weighted by molar-refractivity contribution is -0.146. The number of carboxylic acid groups (broad SMARTS) is 1. The summed E-state index contributed by atoms with van der Waals surface area (Å²) < 4.78 is 5.56. The zero-order valence-corrected chi connectivity index (χ0v) is 18.2. The summed E-state index contributed by atoms with van der Waals surface area (Å²) in [7, 11) is 0. The maximum absolute atomic E-state index is 12.7. The molecule has 1 fully saturated rings. The number of alkyl carbamates (subject to hydrolysis) is 1. The standard InChI is InChI=1S/C25H28N2O5/c1-14(2)22(23(28)26-16-11-15(12-16)24(29)30)27-25(31)32-13-21-19-9-5-3-7-17(19)18-8-4-6-10-20(18)21/h3-10,14-16,21-22H,11-13H2,1-2H3,(H,26,28)(H,27,31)(H,29,30)/t15?,16?,22-/m0/s1. The number of ether oxygens (including phenoxy) is 1. The van der Waals surface area contributed by atoms with E-state index in [0.717, 1.165) is 22.3 Å². The Labute approximate surface area is 187 Å². The summed E-state index contributed by atoms with van der Waals surface area (Å²) in [6.07, 6.45) is 0.186. The van der Waals surface area contributed by atoms with E-state index in [4.69, 9.17) is 9.84 Å². The summed E-state index contributed by atoms with van der Waals surface area (Å²) in [6, 6.07) is 15.3. The number of rotatable bonds is 7. The van der Waals surface area contributed by atoms with Crippen LogP contribution in [0, 0.1) is 11.8 Å². The van der Waals surface area contributed by atoms with Gasteiger partial charge >= 0.3 is 12.1 Å². The third-order valence-electron chi connectivity index (χ3n) is 6.40. The van der Waals surface area contributed by atoms with E-state index in [1.807, 2.05) is 38.1 Å². The number of carboxylic acids is 1. The predicted octanol–water partition coefficient (Wildman–Crippen LogP) is 3.53. The van der Waals surface area contributed by atoms with Gasteiger partial charge in [-0.1, -0.05) is 62.4 Å². The number of benzene rings is 2. The molecular formula is C25H28N2O5. The minimum Gasteiger partial charge on any atom is -0.481 e. The molecular weight excluding hydrogens is 408 g/mol. The third kappa shape index (κ3) is 4.33. The van der Waals surface area contributed by atoms with E-state index in [1.165, 1.54) is 0 Å². The van der Waals surface area contributed by atoms with Crippen molar-refractivity contribution in [3.63, 3.8) is 0 Å². The van der Waals surface area contributed by atoms with Crippen molar-refractivity contribution in [1.82, 2.24) is 10.6 Å². The maximum Gasteiger partial charge on any atom is 0.407 e. The van der Waals surface area contributed by atoms with Gasteiger partial charge in [0.25, 0.3) is 0 Å². The lowest BCUT2D eigenvalue weighted by Crippen LogP contribution is -2.55. The fourth-order valence-electron chi connectivity index (χ4n) is 4.53. The molecule has 3 N–H and O–H groups in total. The fourth-order valence-corrected chi connectivity index (χ4v) is 4.53. The molecule has 0 bridgehead atoms. The molecule has 0 heterocycles. The molecule has 7 heteroatoms. The molecule has 0 aromatic heterocycles. The third-order valence-corrected chi connectivity index (χ3v) is 6.40. The van der Waals surface area contributed by atoms with Crippen LogP contribution in [0.5, 0.6) is 0 Å². The monoisotopic (exact) mass is 436 g/mol. The van der Waals surface area contributed by atoms with E-state index >= 15 is 0 Å². The van der Waals surface area contributed by atoms with Crippen LogP contribution < -0.4 is 10.6 Å². The number of hydrogen-bond acceptors (Lipinski definition) is 4. The number of carbonyl (C=O) groups excluding carboxylic acids is 2. The zero-order valence-electron chi connectivity index (χ0n) is 18.2. The van der Waals surface area contributed by atoms with Crippen molar-refractivity contribution in [3.8, 4) is 11.1 Å². The van der Waals surface area contributed by atoms with Crippen LogP contribution in [-0.4, -0.2) is 41.8 Å². The van der Waals surface area contributed by atoms with Crippen LogP contribution in [-0.2, 0) is 14.3 Å². The van der Waals surface area contributed by atoms with Crippen molar-refractivity contribution in [2.24, 2.45) is 11.8 Å². The van der Waals surface area contributed by atoms with Crippen molar-refractivity contribution in [3.05, 3.63) is 59.7 Å². The first-order valence-electron chi connectivity index (χ1n) is 11.0. The lowest BCUT2D eigenvalue weighted by atomic mass is 9.80. The molecule has 0 aliphatic heterocycles. The summed E-state index contributed by atoms with van der Waals surface area (Å²) in [4.78, 5) is 36.2. The molecule has 2 aliphatic carbocycles. The number of carbonyl (C=O) groups is 3. The van der Waals surface area contributed by atoms with Gasteiger partial charge in [0, 0.05) is 12.0 Å². The second-order valence-corrected chi connectivity index (χ2v) is 8.90. The molecule has 4 rings (SSSR count). The molecule has 7 nitrogen and oxygen atoms in total. The lowest BCUT2D eigenvalue weighted by Gasteiger charge is -2.34. The number of nitrogens with one attached hydrogen (secondary N) is 2. The van der Waals surface area contributed by atoms with Crippen LogP contribution in [0.15, 0.2) is 48.5 Å². The minimum atomic E-state index is -0.840. The van der Waals surface area contributed by atoms with Gasteiger partial charge in [0.1, 0.15) is 12.6 Å². The normalized spacial score (nSPS) is 20.0. The SMILES string of the molecule is CC(C)[C@H](NC(=O)OCC1c2ccccc2-c2ccccc21)C(=O)NC1CC(C(=O)O)C1. The van der Waals surface area contributed by atoms with Gasteiger partial charge in [-0.2, -0.15) is 0 Å². The molecule has 168 valence electrons. The Kier molecular flexibility index (Phi) is 6.17. The van der Waals surface area contributed by atoms with Crippen molar-refractivity contribution in [2.75, 3.05) is 6.61 Å². The van der Waals surface area contributed by atoms with Gasteiger partial charge in [-0.05, 0) is 41.0 Å². The van der Waals surface area contributed by atoms with E-state index in [2.05, 4.69) is 34.9 Å². The highest BCUT2D eigenvalue weighted by molar-refractivity contribution is 5.86. The minimum absolute atomic E-state index is 0.0533. The van der Waals surface area contributed by atoms with E-state index in [1.54, 1.807) is 0 Å². The van der Waals surface area contributed by atoms with E-state index in [9.17, 15) is 14.4 Å². The van der Waals surface area contributed by atoms with Crippen molar-refractivity contribution in [1.29, 1.82) is 0 Å². The van der Waals surface area contributed by atoms with Crippen LogP contribution in [0.1, 0.15) is 43.7 Å². The molecule has 2 aromatic carbocycles. The Hall–Kier alpha value is -3.35. The van der Waals surface area contributed by atoms with Crippen molar-refractivity contribution < 1.29 is 24.2 Å². The Morgan fingerprint density at radius 2 is 1.56 bits per heavy atom. The predicted molar refractivity (Wildman–Crippen MR) is 119 cm³/mol. The highest BCUT2D eigenvalue weighted by Crippen LogP contribution is 2.44. The molecule has 0 saturated heterocycles. The Morgan fingerprint density at radius 1 is 1.00 bits per heavy atom. The summed E-state index contributed by atoms with van der Waals surface area (Å²) in [5.74, 6) is -1.77. The molecule has 2 aromatic rings. The number of amides is 2. The largest absolute Gasteiger partial charge is 0.481 e. The highest BCUT2D eigenvalue weighted by Gasteiger charge is 2.37. The van der Waals surface area contributed by atoms with Gasteiger partial charge < -0.3 is 20.5 Å². The van der Waals surface area contributed by atoms with E-state index in [0.29, 0.717) is 12.8 Å². The van der Waals surface area contributed by atoms with E-state index < -0.39 is 24.0 Å². The van der Waals surface area contributed by atoms with Gasteiger partial charge in [0.2, 0.25) is 5.91 Å². The van der Waals surface area contributed by atoms with Crippen LogP contribution in [0.3, 0.4) is 0 Å². The van der Waals surface area contributed by atoms with Crippen molar-refractivity contribution >= 4 is 18.0 Å². The van der Waals surface area contributed by atoms with E-state index in [-0.39, 0.29) is 30.4 Å². The molecule has 2 amide bonds. The molecule has 2 aliphatic rings. The van der Waals surface area contributed by atoms with Crippen LogP contribution in [0.4, 0.5) is 4.79 Å². The van der Waals surface area contributed by atoms with Gasteiger partial charge in [-0.15, -0.1) is 0 Å². The zero-order chi connectivity index (χ0) is 22.8. The fraction of sp³-hybridized carbons (Fsp3) is 0.400. The number of fused-ring (bicyclic) bond motifs is 3. The first kappa shape index (κ1) is 21.9. The second kappa shape index (κ2) is 9.02. The summed E-state index contributed by atoms with van der Waals surface area (Å²) >= 11 is 0. The quantitative estimate of drug-likeness (QED) is 0.616. The molecule has 32 heavy (non-hydrogen) atoms. The first-order chi connectivity index (χ1) is 15.3. The molecule has 1 saturated carbocycles. The van der Waals surface area contributed by atoms with Gasteiger partial charge in [0.15, 0.2) is 0 Å². The molecule has 1 atom stereocenters. The van der Waals surface area contributed by atoms with Gasteiger partial charge in [-0.3, -0.25) is 9.59 Å². The number of hydrogen-bond donors (Lipinski definition) is 3. The van der Waals surface area contributed by atoms with Crippen LogP contribution in [0.25, 0.3) is 11.1 Å². The van der Waals surface area contributed by atoms with Crippen LogP contribution in [0.2, 0.25) is 0 Å². The van der Waals surface area contributed by atoms with Gasteiger partial charge in [0.05, 0.1) is 5.92 Å². The summed E-state index contributed by atoms with van der Waals surface area (Å²) in [5, 5.41) is 14.5. The average Bonchev–Trinajstić information content (AvgIpc) is 3.06. The first-order valence-corrected chi connectivity index (χ1v) is 11.0. The van der Waals surface area contributed by atoms with Gasteiger partial charge in [-0.25, -0.2) is 4.79 Å².